The molecule has 13 N–H and O–H groups in total. The molecule has 0 saturated heterocycles. The summed E-state index contributed by atoms with van der Waals surface area (Å²) in [6.45, 7) is -7.91. The number of nitrogens with two attached hydrogens (primary N) is 2. The number of aliphatic hydroxyl groups excluding tert-OH is 6. The van der Waals surface area contributed by atoms with Crippen molar-refractivity contribution in [1.82, 2.24) is 14.7 Å². The van der Waals surface area contributed by atoms with Crippen LogP contribution in [0.5, 0.6) is 0 Å². The summed E-state index contributed by atoms with van der Waals surface area (Å²) < 4.78 is 0. The molecule has 0 bridgehead atoms. The van der Waals surface area contributed by atoms with Gasteiger partial charge in [0.15, 0.2) is 0 Å². The van der Waals surface area contributed by atoms with Crippen LogP contribution in [0.3, 0.4) is 0 Å². The second kappa shape index (κ2) is 17.7. The van der Waals surface area contributed by atoms with Crippen LogP contribution in [0.4, 0.5) is 0 Å². The van der Waals surface area contributed by atoms with Gasteiger partial charge in [-0.15, -0.1) is 0 Å². The molecule has 0 aromatic rings. The van der Waals surface area contributed by atoms with Crippen molar-refractivity contribution in [2.45, 2.75) is 36.1 Å². The van der Waals surface area contributed by atoms with E-state index in [-0.39, 0.29) is 13.1 Å². The fourth-order valence-electron chi connectivity index (χ4n) is 4.37. The molecule has 2 amide bonds. The number of carboxylic acid groups (broad SMARTS) is 3. The van der Waals surface area contributed by atoms with Crippen LogP contribution in [0.15, 0.2) is 0 Å². The molecule has 0 radical (unpaired) electrons. The zero-order valence-corrected chi connectivity index (χ0v) is 22.4. The molecule has 0 fully saturated rings. The van der Waals surface area contributed by atoms with Crippen LogP contribution in [0.1, 0.15) is 12.8 Å². The number of amides is 2. The van der Waals surface area contributed by atoms with E-state index in [2.05, 4.69) is 0 Å². The number of nitrogens with zero attached hydrogens (tertiary/aromatic N) is 3. The van der Waals surface area contributed by atoms with Gasteiger partial charge in [0.05, 0.1) is 58.3 Å². The average molecular weight is 600 g/mol. The molecule has 0 aliphatic carbocycles. The minimum Gasteiger partial charge on any atom is -0.480 e. The van der Waals surface area contributed by atoms with Crippen molar-refractivity contribution in [2.24, 2.45) is 11.5 Å². The fraction of sp³-hybridized carbons (Fsp3) is 0.773. The summed E-state index contributed by atoms with van der Waals surface area (Å²) in [4.78, 5) is 62.3. The van der Waals surface area contributed by atoms with Crippen molar-refractivity contribution in [3.63, 3.8) is 0 Å². The Morgan fingerprint density at radius 1 is 0.585 bits per heavy atom. The van der Waals surface area contributed by atoms with Crippen LogP contribution in [0, 0.1) is 0 Å². The van der Waals surface area contributed by atoms with E-state index in [1.807, 2.05) is 0 Å². The SMILES string of the molecule is NC(=O)C(CO)(CC(O)CO)N(CCN(CCN(CC(=O)O)C(CO)(CC(O)CO)C(N)=O)CC(=O)O)CC(=O)O. The Bertz CT molecular complexity index is 833. The third-order valence-electron chi connectivity index (χ3n) is 6.60. The van der Waals surface area contributed by atoms with Crippen molar-refractivity contribution in [2.75, 3.05) is 72.2 Å². The molecule has 41 heavy (non-hydrogen) atoms. The standard InChI is InChI=1S/C22H41N5O14/c23-19(40)21(12-30,5-14(32)10-28)26(8-17(36)37)3-1-25(7-16(34)35)2-4-27(9-18(38)39)22(13-31,20(24)41)6-15(33)11-29/h14-15,28-33H,1-13H2,(H2,23,40)(H2,24,41)(H,34,35)(H,36,37)(H,38,39). The number of hydrogen-bond acceptors (Lipinski definition) is 14. The van der Waals surface area contributed by atoms with Gasteiger partial charge in [-0.3, -0.25) is 38.7 Å². The quantitative estimate of drug-likeness (QED) is 0.0490. The first-order valence-electron chi connectivity index (χ1n) is 12.3. The predicted octanol–water partition coefficient (Wildman–Crippen LogP) is -6.93. The van der Waals surface area contributed by atoms with Crippen LogP contribution >= 0.6 is 0 Å². The van der Waals surface area contributed by atoms with E-state index in [4.69, 9.17) is 11.5 Å². The summed E-state index contributed by atoms with van der Waals surface area (Å²) in [6, 6.07) is 0. The van der Waals surface area contributed by atoms with Gasteiger partial charge >= 0.3 is 17.9 Å². The molecule has 238 valence electrons. The summed E-state index contributed by atoms with van der Waals surface area (Å²) in [5, 5.41) is 86.4. The molecule has 0 aromatic heterocycles. The summed E-state index contributed by atoms with van der Waals surface area (Å²) in [7, 11) is 0. The maximum atomic E-state index is 12.3. The van der Waals surface area contributed by atoms with E-state index in [9.17, 15) is 69.9 Å². The maximum absolute atomic E-state index is 12.3. The molecule has 0 aliphatic heterocycles. The topological polar surface area (TPSA) is 329 Å². The minimum atomic E-state index is -2.18. The maximum Gasteiger partial charge on any atom is 0.317 e. The predicted molar refractivity (Wildman–Crippen MR) is 136 cm³/mol. The number of carbonyl (C=O) groups is 5. The highest BCUT2D eigenvalue weighted by molar-refractivity contribution is 5.86. The molecule has 0 aliphatic rings. The van der Waals surface area contributed by atoms with Crippen LogP contribution < -0.4 is 11.5 Å². The molecule has 4 atom stereocenters. The first-order chi connectivity index (χ1) is 19.0. The Morgan fingerprint density at radius 3 is 1.12 bits per heavy atom. The van der Waals surface area contributed by atoms with Crippen molar-refractivity contribution >= 4 is 29.7 Å². The number of aliphatic hydroxyl groups is 6. The van der Waals surface area contributed by atoms with Gasteiger partial charge in [-0.05, 0) is 0 Å². The Morgan fingerprint density at radius 2 is 0.902 bits per heavy atom. The number of carbonyl (C=O) groups excluding carboxylic acids is 2. The number of aliphatic carboxylic acids is 3. The Balaban J connectivity index is 6.27. The van der Waals surface area contributed by atoms with E-state index < -0.39 is 125 Å². The van der Waals surface area contributed by atoms with Gasteiger partial charge in [0.1, 0.15) is 11.1 Å². The molecule has 0 rings (SSSR count). The Labute approximate surface area is 234 Å². The van der Waals surface area contributed by atoms with E-state index in [0.717, 1.165) is 14.7 Å². The number of primary amides is 2. The van der Waals surface area contributed by atoms with Gasteiger partial charge in [-0.1, -0.05) is 0 Å². The lowest BCUT2D eigenvalue weighted by Crippen LogP contribution is -2.64. The summed E-state index contributed by atoms with van der Waals surface area (Å²) >= 11 is 0. The number of carboxylic acids is 3. The van der Waals surface area contributed by atoms with Crippen LogP contribution in [-0.4, -0.2) is 186 Å². The first-order valence-corrected chi connectivity index (χ1v) is 12.3. The molecule has 19 nitrogen and oxygen atoms in total. The lowest BCUT2D eigenvalue weighted by Gasteiger charge is -2.42. The lowest BCUT2D eigenvalue weighted by atomic mass is 9.89. The fourth-order valence-corrected chi connectivity index (χ4v) is 4.37. The second-order valence-corrected chi connectivity index (χ2v) is 9.49. The van der Waals surface area contributed by atoms with Gasteiger partial charge in [0, 0.05) is 39.0 Å². The zero-order chi connectivity index (χ0) is 32.0. The highest BCUT2D eigenvalue weighted by Crippen LogP contribution is 2.24. The van der Waals surface area contributed by atoms with Crippen molar-refractivity contribution in [3.05, 3.63) is 0 Å². The average Bonchev–Trinajstić information content (AvgIpc) is 2.88. The molecule has 0 spiro atoms. The monoisotopic (exact) mass is 599 g/mol. The zero-order valence-electron chi connectivity index (χ0n) is 22.4. The summed E-state index contributed by atoms with van der Waals surface area (Å²) in [5.41, 5.74) is 6.51. The first kappa shape index (κ1) is 38.0. The van der Waals surface area contributed by atoms with Crippen LogP contribution in [0.2, 0.25) is 0 Å². The van der Waals surface area contributed by atoms with Gasteiger partial charge in [-0.2, -0.15) is 0 Å². The summed E-state index contributed by atoms with van der Waals surface area (Å²) in [6.07, 6.45) is -4.50. The molecule has 0 heterocycles. The minimum absolute atomic E-state index is 0.341. The molecular formula is C22H41N5O14. The largest absolute Gasteiger partial charge is 0.480 e. The van der Waals surface area contributed by atoms with Gasteiger partial charge in [0.25, 0.3) is 0 Å². The van der Waals surface area contributed by atoms with Crippen molar-refractivity contribution in [1.29, 1.82) is 0 Å². The van der Waals surface area contributed by atoms with Crippen LogP contribution in [0.25, 0.3) is 0 Å². The lowest BCUT2D eigenvalue weighted by molar-refractivity contribution is -0.147. The number of rotatable bonds is 24. The second-order valence-electron chi connectivity index (χ2n) is 9.49. The van der Waals surface area contributed by atoms with E-state index in [0.29, 0.717) is 0 Å². The third-order valence-corrected chi connectivity index (χ3v) is 6.60. The Hall–Kier alpha value is -3.01. The highest BCUT2D eigenvalue weighted by Gasteiger charge is 2.46. The van der Waals surface area contributed by atoms with Crippen molar-refractivity contribution in [3.8, 4) is 0 Å². The van der Waals surface area contributed by atoms with Crippen LogP contribution in [-0.2, 0) is 24.0 Å². The molecular weight excluding hydrogens is 558 g/mol. The normalized spacial score (nSPS) is 16.2. The molecule has 19 heteroatoms. The summed E-state index contributed by atoms with van der Waals surface area (Å²) in [5.74, 6) is -6.79. The number of hydrogen-bond donors (Lipinski definition) is 11. The van der Waals surface area contributed by atoms with E-state index in [1.54, 1.807) is 0 Å². The highest BCUT2D eigenvalue weighted by atomic mass is 16.4. The Kier molecular flexibility index (Phi) is 16.4. The molecule has 4 unspecified atom stereocenters. The van der Waals surface area contributed by atoms with Gasteiger partial charge < -0.3 is 57.4 Å². The van der Waals surface area contributed by atoms with E-state index >= 15 is 0 Å². The van der Waals surface area contributed by atoms with Gasteiger partial charge in [-0.25, -0.2) is 0 Å². The molecule has 0 saturated carbocycles. The molecule has 0 aromatic carbocycles. The van der Waals surface area contributed by atoms with Gasteiger partial charge in [0.2, 0.25) is 11.8 Å². The third kappa shape index (κ3) is 11.4. The van der Waals surface area contributed by atoms with E-state index in [1.165, 1.54) is 0 Å². The van der Waals surface area contributed by atoms with Crippen molar-refractivity contribution < 1.29 is 69.9 Å². The smallest absolute Gasteiger partial charge is 0.317 e.